The van der Waals surface area contributed by atoms with E-state index in [1.54, 1.807) is 28.6 Å². The minimum Gasteiger partial charge on any atom is -0.505 e. The lowest BCUT2D eigenvalue weighted by atomic mass is 10.2. The maximum Gasteiger partial charge on any atom is 0.234 e. The van der Waals surface area contributed by atoms with Gasteiger partial charge in [-0.15, -0.1) is 0 Å². The SMILES string of the molecule is COc1ccc(Cn2nc(C)nc2-c2cn3cc(O)cnc3n2)cc1. The first kappa shape index (κ1) is 15.1. The highest BCUT2D eigenvalue weighted by atomic mass is 16.5. The Morgan fingerprint density at radius 2 is 1.92 bits per heavy atom. The van der Waals surface area contributed by atoms with Crippen molar-refractivity contribution in [3.05, 3.63) is 54.2 Å². The van der Waals surface area contributed by atoms with Crippen LogP contribution < -0.4 is 4.74 Å². The molecule has 3 heterocycles. The predicted octanol–water partition coefficient (Wildman–Crippen LogP) is 2.06. The van der Waals surface area contributed by atoms with Gasteiger partial charge in [0.15, 0.2) is 11.6 Å². The fraction of sp³-hybridized carbons (Fsp3) is 0.176. The Kier molecular flexibility index (Phi) is 3.57. The van der Waals surface area contributed by atoms with Crippen molar-refractivity contribution in [1.29, 1.82) is 0 Å². The smallest absolute Gasteiger partial charge is 0.234 e. The highest BCUT2D eigenvalue weighted by molar-refractivity contribution is 5.54. The first-order valence-corrected chi connectivity index (χ1v) is 7.71. The molecular formula is C17H16N6O2. The van der Waals surface area contributed by atoms with Crippen LogP contribution in [0.1, 0.15) is 11.4 Å². The number of fused-ring (bicyclic) bond motifs is 1. The quantitative estimate of drug-likeness (QED) is 0.613. The van der Waals surface area contributed by atoms with Crippen molar-refractivity contribution < 1.29 is 9.84 Å². The van der Waals surface area contributed by atoms with E-state index in [-0.39, 0.29) is 5.75 Å². The first-order valence-electron chi connectivity index (χ1n) is 7.71. The highest BCUT2D eigenvalue weighted by Crippen LogP contribution is 2.20. The van der Waals surface area contributed by atoms with E-state index in [0.29, 0.717) is 29.7 Å². The van der Waals surface area contributed by atoms with Gasteiger partial charge in [-0.2, -0.15) is 5.10 Å². The predicted molar refractivity (Wildman–Crippen MR) is 90.5 cm³/mol. The Balaban J connectivity index is 1.71. The summed E-state index contributed by atoms with van der Waals surface area (Å²) in [5, 5.41) is 14.0. The molecule has 126 valence electrons. The average Bonchev–Trinajstić information content (AvgIpc) is 3.18. The molecule has 0 spiro atoms. The molecule has 4 rings (SSSR count). The number of nitrogens with zero attached hydrogens (tertiary/aromatic N) is 6. The minimum absolute atomic E-state index is 0.0762. The topological polar surface area (TPSA) is 90.4 Å². The summed E-state index contributed by atoms with van der Waals surface area (Å²) in [5.41, 5.74) is 1.72. The Morgan fingerprint density at radius 1 is 1.12 bits per heavy atom. The van der Waals surface area contributed by atoms with Crippen molar-refractivity contribution in [2.24, 2.45) is 0 Å². The summed E-state index contributed by atoms with van der Waals surface area (Å²) in [6, 6.07) is 7.80. The lowest BCUT2D eigenvalue weighted by Crippen LogP contribution is -2.04. The van der Waals surface area contributed by atoms with Gasteiger partial charge in [-0.05, 0) is 24.6 Å². The number of imidazole rings is 1. The van der Waals surface area contributed by atoms with Crippen LogP contribution in [0.15, 0.2) is 42.9 Å². The molecule has 0 aliphatic heterocycles. The monoisotopic (exact) mass is 336 g/mol. The van der Waals surface area contributed by atoms with E-state index < -0.39 is 0 Å². The van der Waals surface area contributed by atoms with Crippen LogP contribution in [0.4, 0.5) is 0 Å². The Labute approximate surface area is 143 Å². The second-order valence-electron chi connectivity index (χ2n) is 5.63. The van der Waals surface area contributed by atoms with Crippen molar-refractivity contribution in [1.82, 2.24) is 29.1 Å². The second-order valence-corrected chi connectivity index (χ2v) is 5.63. The van der Waals surface area contributed by atoms with Gasteiger partial charge in [0.05, 0.1) is 26.0 Å². The van der Waals surface area contributed by atoms with E-state index in [0.717, 1.165) is 11.3 Å². The van der Waals surface area contributed by atoms with Crippen LogP contribution >= 0.6 is 0 Å². The molecule has 0 aliphatic carbocycles. The summed E-state index contributed by atoms with van der Waals surface area (Å²) >= 11 is 0. The summed E-state index contributed by atoms with van der Waals surface area (Å²) in [4.78, 5) is 13.1. The number of aromatic hydroxyl groups is 1. The number of benzene rings is 1. The molecule has 0 saturated heterocycles. The maximum atomic E-state index is 9.55. The molecule has 0 saturated carbocycles. The molecule has 8 nitrogen and oxygen atoms in total. The summed E-state index contributed by atoms with van der Waals surface area (Å²) in [6.07, 6.45) is 4.69. The molecule has 4 aromatic rings. The van der Waals surface area contributed by atoms with E-state index >= 15 is 0 Å². The number of aromatic nitrogens is 6. The molecule has 0 atom stereocenters. The highest BCUT2D eigenvalue weighted by Gasteiger charge is 2.15. The number of hydrogen-bond donors (Lipinski definition) is 1. The van der Waals surface area contributed by atoms with Crippen molar-refractivity contribution in [3.8, 4) is 23.0 Å². The summed E-state index contributed by atoms with van der Waals surface area (Å²) < 4.78 is 8.65. The molecule has 0 bridgehead atoms. The molecule has 0 unspecified atom stereocenters. The van der Waals surface area contributed by atoms with Gasteiger partial charge < -0.3 is 9.84 Å². The number of hydrogen-bond acceptors (Lipinski definition) is 6. The van der Waals surface area contributed by atoms with Gasteiger partial charge >= 0.3 is 0 Å². The third-order valence-electron chi connectivity index (χ3n) is 3.79. The van der Waals surface area contributed by atoms with Gasteiger partial charge in [0.2, 0.25) is 5.78 Å². The summed E-state index contributed by atoms with van der Waals surface area (Å²) in [6.45, 7) is 2.40. The van der Waals surface area contributed by atoms with Crippen LogP contribution in [-0.2, 0) is 6.54 Å². The standard InChI is InChI=1S/C17H16N6O2/c1-11-19-16(15-10-22-9-13(24)7-18-17(22)20-15)23(21-11)8-12-3-5-14(25-2)6-4-12/h3-7,9-10,24H,8H2,1-2H3. The third-order valence-corrected chi connectivity index (χ3v) is 3.79. The zero-order valence-corrected chi connectivity index (χ0v) is 13.8. The van der Waals surface area contributed by atoms with E-state index in [2.05, 4.69) is 20.1 Å². The van der Waals surface area contributed by atoms with Crippen LogP contribution in [0.25, 0.3) is 17.3 Å². The van der Waals surface area contributed by atoms with Crippen LogP contribution in [0.2, 0.25) is 0 Å². The Bertz CT molecular complexity index is 1040. The van der Waals surface area contributed by atoms with Crippen molar-refractivity contribution in [3.63, 3.8) is 0 Å². The fourth-order valence-electron chi connectivity index (χ4n) is 2.64. The van der Waals surface area contributed by atoms with Crippen molar-refractivity contribution >= 4 is 5.78 Å². The number of rotatable bonds is 4. The molecule has 0 aliphatic rings. The van der Waals surface area contributed by atoms with Crippen molar-refractivity contribution in [2.45, 2.75) is 13.5 Å². The number of ether oxygens (including phenoxy) is 1. The molecule has 0 amide bonds. The fourth-order valence-corrected chi connectivity index (χ4v) is 2.64. The second kappa shape index (κ2) is 5.90. The average molecular weight is 336 g/mol. The van der Waals surface area contributed by atoms with Crippen LogP contribution in [0, 0.1) is 6.92 Å². The van der Waals surface area contributed by atoms with Gasteiger partial charge in [-0.1, -0.05) is 12.1 Å². The van der Waals surface area contributed by atoms with E-state index in [9.17, 15) is 5.11 Å². The zero-order chi connectivity index (χ0) is 17.4. The van der Waals surface area contributed by atoms with Gasteiger partial charge in [0, 0.05) is 6.20 Å². The normalized spacial score (nSPS) is 11.1. The number of aryl methyl sites for hydroxylation is 1. The lowest BCUT2D eigenvalue weighted by molar-refractivity contribution is 0.414. The largest absolute Gasteiger partial charge is 0.505 e. The summed E-state index contributed by atoms with van der Waals surface area (Å²) in [7, 11) is 1.64. The molecule has 0 radical (unpaired) electrons. The number of methoxy groups -OCH3 is 1. The Hall–Kier alpha value is -3.42. The van der Waals surface area contributed by atoms with E-state index in [4.69, 9.17) is 4.74 Å². The molecule has 1 aromatic carbocycles. The van der Waals surface area contributed by atoms with Gasteiger partial charge in [-0.3, -0.25) is 4.40 Å². The van der Waals surface area contributed by atoms with Crippen LogP contribution in [0.3, 0.4) is 0 Å². The van der Waals surface area contributed by atoms with Crippen LogP contribution in [0.5, 0.6) is 11.5 Å². The van der Waals surface area contributed by atoms with Gasteiger partial charge in [0.1, 0.15) is 17.3 Å². The van der Waals surface area contributed by atoms with Crippen LogP contribution in [-0.4, -0.2) is 41.3 Å². The molecule has 8 heteroatoms. The van der Waals surface area contributed by atoms with Gasteiger partial charge in [0.25, 0.3) is 0 Å². The molecule has 0 fully saturated rings. The summed E-state index contributed by atoms with van der Waals surface area (Å²) in [5.74, 6) is 2.69. The maximum absolute atomic E-state index is 9.55. The molecular weight excluding hydrogens is 320 g/mol. The molecule has 1 N–H and O–H groups in total. The lowest BCUT2D eigenvalue weighted by Gasteiger charge is -2.05. The third kappa shape index (κ3) is 2.89. The molecule has 3 aromatic heterocycles. The molecule has 25 heavy (non-hydrogen) atoms. The van der Waals surface area contributed by atoms with Gasteiger partial charge in [-0.25, -0.2) is 19.6 Å². The first-order chi connectivity index (χ1) is 12.1. The minimum atomic E-state index is 0.0762. The van der Waals surface area contributed by atoms with E-state index in [1.807, 2.05) is 31.2 Å². The zero-order valence-electron chi connectivity index (χ0n) is 13.8. The van der Waals surface area contributed by atoms with E-state index in [1.165, 1.54) is 6.20 Å². The van der Waals surface area contributed by atoms with Crippen molar-refractivity contribution in [2.75, 3.05) is 7.11 Å². The Morgan fingerprint density at radius 3 is 2.68 bits per heavy atom.